The number of unbranched alkanes of at least 4 members (excludes halogenated alkanes) is 1. The number of benzene rings is 1. The highest BCUT2D eigenvalue weighted by Crippen LogP contribution is 2.39. The summed E-state index contributed by atoms with van der Waals surface area (Å²) in [5, 5.41) is 5.11. The van der Waals surface area contributed by atoms with E-state index in [0.29, 0.717) is 10.8 Å². The highest BCUT2D eigenvalue weighted by Gasteiger charge is 2.34. The van der Waals surface area contributed by atoms with Gasteiger partial charge in [0.25, 0.3) is 0 Å². The van der Waals surface area contributed by atoms with Crippen LogP contribution in [0.2, 0.25) is 5.02 Å². The second kappa shape index (κ2) is 6.40. The second-order valence-corrected chi connectivity index (χ2v) is 7.31. The summed E-state index contributed by atoms with van der Waals surface area (Å²) in [5.41, 5.74) is 3.74. The summed E-state index contributed by atoms with van der Waals surface area (Å²) >= 11 is 6.45. The molecule has 0 amide bonds. The van der Waals surface area contributed by atoms with Crippen LogP contribution in [0.4, 0.5) is 0 Å². The molecule has 0 saturated carbocycles. The van der Waals surface area contributed by atoms with Gasteiger partial charge in [0, 0.05) is 12.0 Å². The van der Waals surface area contributed by atoms with Crippen molar-refractivity contribution in [1.82, 2.24) is 14.6 Å². The maximum absolute atomic E-state index is 6.45. The molecule has 4 rings (SSSR count). The molecule has 3 aromatic rings. The number of ether oxygens (including phenoxy) is 1. The third kappa shape index (κ3) is 2.86. The first-order valence-electron chi connectivity index (χ1n) is 8.89. The van der Waals surface area contributed by atoms with Crippen molar-refractivity contribution in [3.63, 3.8) is 0 Å². The number of hydrogen-bond donors (Lipinski definition) is 0. The summed E-state index contributed by atoms with van der Waals surface area (Å²) in [6, 6.07) is 7.74. The van der Waals surface area contributed by atoms with Gasteiger partial charge in [0.2, 0.25) is 0 Å². The lowest BCUT2D eigenvalue weighted by Gasteiger charge is -2.33. The topological polar surface area (TPSA) is 51.8 Å². The van der Waals surface area contributed by atoms with Crippen molar-refractivity contribution >= 4 is 23.0 Å². The van der Waals surface area contributed by atoms with E-state index in [1.54, 1.807) is 0 Å². The van der Waals surface area contributed by atoms with Gasteiger partial charge in [-0.1, -0.05) is 31.0 Å². The molecule has 2 aromatic heterocycles. The molecule has 1 atom stereocenters. The highest BCUT2D eigenvalue weighted by atomic mass is 35.5. The quantitative estimate of drug-likeness (QED) is 0.662. The molecule has 0 N–H and O–H groups in total. The van der Waals surface area contributed by atoms with E-state index in [4.69, 9.17) is 21.3 Å². The fourth-order valence-corrected chi connectivity index (χ4v) is 3.49. The van der Waals surface area contributed by atoms with Crippen LogP contribution in [0.5, 0.6) is 5.75 Å². The standard InChI is InChI=1S/C20H21ClN4O/c1-4-5-9-20(3)24-18(14-7-6-8-15(21)19(14)26-20)16-12-22-17-10-13(2)11-23-25(16)17/h6-8,10-12H,4-5,9H2,1-3H3. The fraction of sp³-hybridized carbons (Fsp3) is 0.350. The molecule has 0 fully saturated rings. The van der Waals surface area contributed by atoms with Crippen LogP contribution in [-0.4, -0.2) is 26.0 Å². The van der Waals surface area contributed by atoms with Gasteiger partial charge >= 0.3 is 0 Å². The minimum absolute atomic E-state index is 0.593. The molecular formula is C20H21ClN4O. The number of nitrogens with zero attached hydrogens (tertiary/aromatic N) is 4. The number of aliphatic imine (C=N–C) groups is 1. The number of aryl methyl sites for hydroxylation is 1. The number of aromatic nitrogens is 3. The predicted molar refractivity (Wildman–Crippen MR) is 103 cm³/mol. The Hall–Kier alpha value is -2.40. The largest absolute Gasteiger partial charge is 0.464 e. The van der Waals surface area contributed by atoms with Crippen molar-refractivity contribution < 1.29 is 4.74 Å². The maximum Gasteiger partial charge on any atom is 0.198 e. The van der Waals surface area contributed by atoms with Gasteiger partial charge in [-0.2, -0.15) is 5.10 Å². The van der Waals surface area contributed by atoms with E-state index < -0.39 is 5.72 Å². The first-order chi connectivity index (χ1) is 12.5. The molecule has 5 nitrogen and oxygen atoms in total. The molecule has 134 valence electrons. The lowest BCUT2D eigenvalue weighted by molar-refractivity contribution is 0.0823. The van der Waals surface area contributed by atoms with Crippen LogP contribution >= 0.6 is 11.6 Å². The van der Waals surface area contributed by atoms with E-state index in [0.717, 1.165) is 47.4 Å². The van der Waals surface area contributed by atoms with Crippen LogP contribution in [0.1, 0.15) is 49.9 Å². The molecule has 1 aliphatic heterocycles. The van der Waals surface area contributed by atoms with E-state index in [1.807, 2.05) is 55.0 Å². The van der Waals surface area contributed by atoms with Gasteiger partial charge in [-0.15, -0.1) is 0 Å². The molecule has 1 unspecified atom stereocenters. The third-order valence-corrected chi connectivity index (χ3v) is 4.92. The highest BCUT2D eigenvalue weighted by molar-refractivity contribution is 6.33. The van der Waals surface area contributed by atoms with Gasteiger partial charge in [0.05, 0.1) is 17.4 Å². The molecule has 3 heterocycles. The van der Waals surface area contributed by atoms with Gasteiger partial charge in [-0.25, -0.2) is 14.5 Å². The van der Waals surface area contributed by atoms with Gasteiger partial charge in [-0.3, -0.25) is 0 Å². The van der Waals surface area contributed by atoms with E-state index in [1.165, 1.54) is 0 Å². The van der Waals surface area contributed by atoms with Crippen molar-refractivity contribution in [2.45, 2.75) is 45.8 Å². The Balaban J connectivity index is 1.92. The molecule has 0 aliphatic carbocycles. The number of hydrogen-bond acceptors (Lipinski definition) is 4. The Morgan fingerprint density at radius 1 is 1.27 bits per heavy atom. The van der Waals surface area contributed by atoms with Crippen molar-refractivity contribution in [3.8, 4) is 5.75 Å². The van der Waals surface area contributed by atoms with Gasteiger partial charge in [0.1, 0.15) is 11.4 Å². The minimum atomic E-state index is -0.655. The summed E-state index contributed by atoms with van der Waals surface area (Å²) < 4.78 is 8.06. The molecule has 1 aliphatic rings. The fourth-order valence-electron chi connectivity index (χ4n) is 3.28. The average Bonchev–Trinajstić information content (AvgIpc) is 3.03. The first kappa shape index (κ1) is 17.0. The Labute approximate surface area is 157 Å². The van der Waals surface area contributed by atoms with Gasteiger partial charge in [-0.05, 0) is 44.0 Å². The molecule has 0 spiro atoms. The third-order valence-electron chi connectivity index (χ3n) is 4.63. The normalized spacial score (nSPS) is 19.2. The summed E-state index contributed by atoms with van der Waals surface area (Å²) in [6.07, 6.45) is 6.57. The summed E-state index contributed by atoms with van der Waals surface area (Å²) in [5.74, 6) is 0.680. The van der Waals surface area contributed by atoms with E-state index >= 15 is 0 Å². The summed E-state index contributed by atoms with van der Waals surface area (Å²) in [6.45, 7) is 6.18. The SMILES string of the molecule is CCCCC1(C)N=C(c2cnc3cc(C)cnn23)c2cccc(Cl)c2O1. The molecule has 1 aromatic carbocycles. The number of para-hydroxylation sites is 1. The number of halogens is 1. The van der Waals surface area contributed by atoms with Crippen LogP contribution in [0.15, 0.2) is 41.7 Å². The zero-order valence-corrected chi connectivity index (χ0v) is 15.9. The number of fused-ring (bicyclic) bond motifs is 2. The Morgan fingerprint density at radius 2 is 2.12 bits per heavy atom. The van der Waals surface area contributed by atoms with Crippen LogP contribution in [0.3, 0.4) is 0 Å². The van der Waals surface area contributed by atoms with Gasteiger partial charge in [0.15, 0.2) is 17.1 Å². The van der Waals surface area contributed by atoms with Crippen LogP contribution in [0, 0.1) is 6.92 Å². The summed E-state index contributed by atoms with van der Waals surface area (Å²) in [4.78, 5) is 9.49. The molecule has 0 bridgehead atoms. The Morgan fingerprint density at radius 3 is 2.92 bits per heavy atom. The molecule has 0 saturated heterocycles. The molecular weight excluding hydrogens is 348 g/mol. The van der Waals surface area contributed by atoms with E-state index in [-0.39, 0.29) is 0 Å². The number of rotatable bonds is 4. The maximum atomic E-state index is 6.45. The van der Waals surface area contributed by atoms with Crippen molar-refractivity contribution in [1.29, 1.82) is 0 Å². The van der Waals surface area contributed by atoms with Crippen molar-refractivity contribution in [2.75, 3.05) is 0 Å². The predicted octanol–water partition coefficient (Wildman–Crippen LogP) is 4.83. The number of imidazole rings is 1. The van der Waals surface area contributed by atoms with Crippen LogP contribution in [-0.2, 0) is 0 Å². The van der Waals surface area contributed by atoms with Gasteiger partial charge < -0.3 is 4.74 Å². The molecule has 6 heteroatoms. The zero-order chi connectivity index (χ0) is 18.3. The minimum Gasteiger partial charge on any atom is -0.464 e. The smallest absolute Gasteiger partial charge is 0.198 e. The lowest BCUT2D eigenvalue weighted by atomic mass is 10.0. The second-order valence-electron chi connectivity index (χ2n) is 6.90. The van der Waals surface area contributed by atoms with Crippen molar-refractivity contribution in [3.05, 3.63) is 58.5 Å². The van der Waals surface area contributed by atoms with Crippen LogP contribution in [0.25, 0.3) is 5.65 Å². The van der Waals surface area contributed by atoms with E-state index in [2.05, 4.69) is 17.0 Å². The lowest BCUT2D eigenvalue weighted by Crippen LogP contribution is -2.36. The van der Waals surface area contributed by atoms with Crippen molar-refractivity contribution in [2.24, 2.45) is 4.99 Å². The summed E-state index contributed by atoms with van der Waals surface area (Å²) in [7, 11) is 0. The Kier molecular flexibility index (Phi) is 4.19. The zero-order valence-electron chi connectivity index (χ0n) is 15.2. The van der Waals surface area contributed by atoms with E-state index in [9.17, 15) is 0 Å². The average molecular weight is 369 g/mol. The van der Waals surface area contributed by atoms with Crippen LogP contribution < -0.4 is 4.74 Å². The monoisotopic (exact) mass is 368 g/mol. The molecule has 0 radical (unpaired) electrons. The first-order valence-corrected chi connectivity index (χ1v) is 9.27. The Bertz CT molecular complexity index is 1010. The molecule has 26 heavy (non-hydrogen) atoms.